The molecule has 1 saturated heterocycles. The number of amides is 1. The maximum atomic E-state index is 12.3. The Hall–Kier alpha value is -2.22. The Kier molecular flexibility index (Phi) is 6.03. The number of esters is 1. The summed E-state index contributed by atoms with van der Waals surface area (Å²) in [5, 5.41) is 1.10. The summed E-state index contributed by atoms with van der Waals surface area (Å²) in [5.74, 6) is 0.798. The lowest BCUT2D eigenvalue weighted by Gasteiger charge is -2.35. The zero-order valence-electron chi connectivity index (χ0n) is 15.2. The van der Waals surface area contributed by atoms with Crippen LogP contribution in [0.1, 0.15) is 31.1 Å². The number of anilines is 1. The molecule has 26 heavy (non-hydrogen) atoms. The Labute approximate surface area is 157 Å². The van der Waals surface area contributed by atoms with Crippen LogP contribution in [0.3, 0.4) is 0 Å². The van der Waals surface area contributed by atoms with Gasteiger partial charge in [0.25, 0.3) is 0 Å². The molecule has 0 unspecified atom stereocenters. The predicted molar refractivity (Wildman–Crippen MR) is 101 cm³/mol. The van der Waals surface area contributed by atoms with Crippen molar-refractivity contribution in [1.29, 1.82) is 0 Å². The number of carbonyl (C=O) groups excluding carboxylic acids is 2. The summed E-state index contributed by atoms with van der Waals surface area (Å²) in [6.07, 6.45) is 3.83. The fourth-order valence-corrected chi connectivity index (χ4v) is 4.06. The van der Waals surface area contributed by atoms with Gasteiger partial charge >= 0.3 is 5.97 Å². The lowest BCUT2D eigenvalue weighted by Crippen LogP contribution is -2.49. The average molecular weight is 376 g/mol. The number of aromatic nitrogens is 2. The van der Waals surface area contributed by atoms with Gasteiger partial charge in [-0.25, -0.2) is 9.97 Å². The van der Waals surface area contributed by atoms with E-state index in [0.717, 1.165) is 35.5 Å². The van der Waals surface area contributed by atoms with E-state index in [0.29, 0.717) is 32.4 Å². The van der Waals surface area contributed by atoms with Gasteiger partial charge < -0.3 is 14.5 Å². The first-order valence-corrected chi connectivity index (χ1v) is 9.77. The number of methoxy groups -OCH3 is 1. The minimum absolute atomic E-state index is 0.102. The molecule has 2 aromatic rings. The van der Waals surface area contributed by atoms with Crippen molar-refractivity contribution in [3.05, 3.63) is 17.3 Å². The molecule has 2 aromatic heterocycles. The number of nitrogens with zero attached hydrogens (tertiary/aromatic N) is 4. The van der Waals surface area contributed by atoms with Gasteiger partial charge in [-0.3, -0.25) is 9.59 Å². The van der Waals surface area contributed by atoms with Gasteiger partial charge in [-0.15, -0.1) is 11.3 Å². The second-order valence-corrected chi connectivity index (χ2v) is 7.40. The van der Waals surface area contributed by atoms with Crippen molar-refractivity contribution in [3.63, 3.8) is 0 Å². The Bertz CT molecular complexity index is 784. The normalized spacial score (nSPS) is 14.7. The monoisotopic (exact) mass is 376 g/mol. The molecule has 0 saturated carbocycles. The minimum Gasteiger partial charge on any atom is -0.469 e. The van der Waals surface area contributed by atoms with Crippen LogP contribution >= 0.6 is 11.3 Å². The summed E-state index contributed by atoms with van der Waals surface area (Å²) in [4.78, 5) is 38.7. The topological polar surface area (TPSA) is 75.6 Å². The molecule has 140 valence electrons. The fraction of sp³-hybridized carbons (Fsp3) is 0.556. The molecule has 0 atom stereocenters. The summed E-state index contributed by atoms with van der Waals surface area (Å²) in [5.41, 5.74) is 0. The van der Waals surface area contributed by atoms with Gasteiger partial charge in [-0.05, 0) is 18.9 Å². The summed E-state index contributed by atoms with van der Waals surface area (Å²) < 4.78 is 4.60. The van der Waals surface area contributed by atoms with Gasteiger partial charge in [0, 0.05) is 43.9 Å². The van der Waals surface area contributed by atoms with E-state index in [1.54, 1.807) is 17.7 Å². The van der Waals surface area contributed by atoms with Gasteiger partial charge in [0.15, 0.2) is 0 Å². The lowest BCUT2D eigenvalue weighted by molar-refractivity contribution is -0.140. The minimum atomic E-state index is -0.266. The molecule has 8 heteroatoms. The first kappa shape index (κ1) is 18.6. The molecule has 0 aliphatic carbocycles. The Balaban J connectivity index is 1.58. The van der Waals surface area contributed by atoms with Gasteiger partial charge in [0.2, 0.25) is 5.91 Å². The largest absolute Gasteiger partial charge is 0.469 e. The summed E-state index contributed by atoms with van der Waals surface area (Å²) in [6.45, 7) is 5.00. The number of piperazine rings is 1. The summed E-state index contributed by atoms with van der Waals surface area (Å²) >= 11 is 1.71. The van der Waals surface area contributed by atoms with Crippen LogP contribution in [0.25, 0.3) is 10.2 Å². The fourth-order valence-electron chi connectivity index (χ4n) is 3.13. The number of ether oxygens (including phenoxy) is 1. The molecule has 3 rings (SSSR count). The molecular formula is C18H24N4O3S. The molecule has 0 bridgehead atoms. The van der Waals surface area contributed by atoms with Crippen LogP contribution in [-0.4, -0.2) is 60.0 Å². The first-order valence-electron chi connectivity index (χ1n) is 8.95. The molecule has 7 nitrogen and oxygen atoms in total. The van der Waals surface area contributed by atoms with Crippen molar-refractivity contribution in [2.24, 2.45) is 0 Å². The molecule has 0 spiro atoms. The highest BCUT2D eigenvalue weighted by Crippen LogP contribution is 2.30. The van der Waals surface area contributed by atoms with Crippen LogP contribution in [0.5, 0.6) is 0 Å². The second kappa shape index (κ2) is 8.44. The third kappa shape index (κ3) is 4.12. The molecule has 1 aliphatic rings. The van der Waals surface area contributed by atoms with Crippen LogP contribution in [0.2, 0.25) is 0 Å². The molecule has 3 heterocycles. The van der Waals surface area contributed by atoms with E-state index >= 15 is 0 Å². The molecule has 0 N–H and O–H groups in total. The van der Waals surface area contributed by atoms with Crippen LogP contribution in [-0.2, 0) is 20.7 Å². The number of carbonyl (C=O) groups is 2. The highest BCUT2D eigenvalue weighted by Gasteiger charge is 2.23. The average Bonchev–Trinajstić information content (AvgIpc) is 3.11. The second-order valence-electron chi connectivity index (χ2n) is 6.28. The summed E-state index contributed by atoms with van der Waals surface area (Å²) in [7, 11) is 1.37. The van der Waals surface area contributed by atoms with Crippen molar-refractivity contribution >= 4 is 39.2 Å². The molecule has 1 amide bonds. The van der Waals surface area contributed by atoms with Crippen molar-refractivity contribution < 1.29 is 14.3 Å². The van der Waals surface area contributed by atoms with E-state index < -0.39 is 0 Å². The van der Waals surface area contributed by atoms with Crippen LogP contribution in [0.4, 0.5) is 5.82 Å². The van der Waals surface area contributed by atoms with E-state index in [1.165, 1.54) is 12.0 Å². The van der Waals surface area contributed by atoms with Crippen molar-refractivity contribution in [2.45, 2.75) is 32.6 Å². The molecule has 0 aromatic carbocycles. The van der Waals surface area contributed by atoms with E-state index in [-0.39, 0.29) is 11.9 Å². The van der Waals surface area contributed by atoms with Gasteiger partial charge in [0.1, 0.15) is 17.0 Å². The molecular weight excluding hydrogens is 352 g/mol. The SMILES string of the molecule is CCc1cc2c(N3CCN(C(=O)CCCC(=O)OC)CC3)ncnc2s1. The predicted octanol–water partition coefficient (Wildman–Crippen LogP) is 2.25. The standard InChI is InChI=1S/C18H24N4O3S/c1-3-13-11-14-17(19-12-20-18(14)26-13)22-9-7-21(8-10-22)15(23)5-4-6-16(24)25-2/h11-12H,3-10H2,1-2H3. The van der Waals surface area contributed by atoms with Crippen molar-refractivity contribution in [2.75, 3.05) is 38.2 Å². The van der Waals surface area contributed by atoms with E-state index in [2.05, 4.69) is 32.6 Å². The maximum absolute atomic E-state index is 12.3. The number of thiophene rings is 1. The van der Waals surface area contributed by atoms with E-state index in [4.69, 9.17) is 0 Å². The summed E-state index contributed by atoms with van der Waals surface area (Å²) in [6, 6.07) is 2.18. The van der Waals surface area contributed by atoms with Crippen molar-refractivity contribution in [1.82, 2.24) is 14.9 Å². The number of hydrogen-bond donors (Lipinski definition) is 0. The number of hydrogen-bond acceptors (Lipinski definition) is 7. The Morgan fingerprint density at radius 1 is 1.19 bits per heavy atom. The van der Waals surface area contributed by atoms with Gasteiger partial charge in [-0.1, -0.05) is 6.92 Å². The zero-order chi connectivity index (χ0) is 18.5. The highest BCUT2D eigenvalue weighted by molar-refractivity contribution is 7.18. The van der Waals surface area contributed by atoms with E-state index in [1.807, 2.05) is 4.90 Å². The van der Waals surface area contributed by atoms with Crippen molar-refractivity contribution in [3.8, 4) is 0 Å². The molecule has 1 aliphatic heterocycles. The third-order valence-corrected chi connectivity index (χ3v) is 5.83. The number of rotatable bonds is 6. The smallest absolute Gasteiger partial charge is 0.305 e. The third-order valence-electron chi connectivity index (χ3n) is 4.64. The Morgan fingerprint density at radius 2 is 1.96 bits per heavy atom. The van der Waals surface area contributed by atoms with Crippen LogP contribution in [0, 0.1) is 0 Å². The van der Waals surface area contributed by atoms with Crippen LogP contribution in [0.15, 0.2) is 12.4 Å². The first-order chi connectivity index (χ1) is 12.6. The lowest BCUT2D eigenvalue weighted by atomic mass is 10.2. The molecule has 0 radical (unpaired) electrons. The van der Waals surface area contributed by atoms with Crippen LogP contribution < -0.4 is 4.90 Å². The Morgan fingerprint density at radius 3 is 2.65 bits per heavy atom. The van der Waals surface area contributed by atoms with Gasteiger partial charge in [0.05, 0.1) is 12.5 Å². The number of aryl methyl sites for hydroxylation is 1. The maximum Gasteiger partial charge on any atom is 0.305 e. The van der Waals surface area contributed by atoms with Gasteiger partial charge in [-0.2, -0.15) is 0 Å². The van der Waals surface area contributed by atoms with E-state index in [9.17, 15) is 9.59 Å². The highest BCUT2D eigenvalue weighted by atomic mass is 32.1. The molecule has 1 fully saturated rings. The number of fused-ring (bicyclic) bond motifs is 1. The quantitative estimate of drug-likeness (QED) is 0.720. The zero-order valence-corrected chi connectivity index (χ0v) is 16.0.